The molecule has 0 radical (unpaired) electrons. The summed E-state index contributed by atoms with van der Waals surface area (Å²) in [5, 5.41) is 9.22. The third-order valence-corrected chi connectivity index (χ3v) is 2.19. The maximum absolute atomic E-state index is 8.63. The zero-order chi connectivity index (χ0) is 9.68. The monoisotopic (exact) mass is 236 g/mol. The lowest BCUT2D eigenvalue weighted by molar-refractivity contribution is 0.280. The Balaban J connectivity index is 0.00000169. The van der Waals surface area contributed by atoms with Gasteiger partial charge in [0.05, 0.1) is 5.02 Å². The molecule has 14 heavy (non-hydrogen) atoms. The first kappa shape index (κ1) is 13.7. The molecular weight excluding hydrogens is 223 g/mol. The van der Waals surface area contributed by atoms with Crippen LogP contribution in [0.25, 0.3) is 0 Å². The summed E-state index contributed by atoms with van der Waals surface area (Å²) in [6, 6.07) is 1.70. The van der Waals surface area contributed by atoms with Crippen LogP contribution < -0.4 is 5.73 Å². The predicted octanol–water partition coefficient (Wildman–Crippen LogP) is 1.93. The van der Waals surface area contributed by atoms with Gasteiger partial charge in [-0.3, -0.25) is 4.98 Å². The van der Waals surface area contributed by atoms with Crippen LogP contribution in [-0.4, -0.2) is 16.7 Å². The van der Waals surface area contributed by atoms with Gasteiger partial charge in [0.15, 0.2) is 0 Å². The van der Waals surface area contributed by atoms with Crippen molar-refractivity contribution in [3.05, 3.63) is 29.0 Å². The fourth-order valence-corrected chi connectivity index (χ4v) is 1.41. The molecule has 1 aromatic heterocycles. The van der Waals surface area contributed by atoms with Gasteiger partial charge in [0.1, 0.15) is 0 Å². The molecule has 80 valence electrons. The van der Waals surface area contributed by atoms with Gasteiger partial charge in [0.25, 0.3) is 0 Å². The van der Waals surface area contributed by atoms with Crippen LogP contribution in [0.5, 0.6) is 0 Å². The van der Waals surface area contributed by atoms with Crippen molar-refractivity contribution in [2.24, 2.45) is 5.73 Å². The molecule has 0 amide bonds. The second-order valence-electron chi connectivity index (χ2n) is 2.87. The zero-order valence-corrected chi connectivity index (χ0v) is 9.26. The minimum atomic E-state index is -0.109. The molecule has 3 nitrogen and oxygen atoms in total. The second kappa shape index (κ2) is 7.01. The molecule has 5 heteroatoms. The van der Waals surface area contributed by atoms with Gasteiger partial charge >= 0.3 is 0 Å². The van der Waals surface area contributed by atoms with Crippen molar-refractivity contribution in [1.29, 1.82) is 0 Å². The fourth-order valence-electron chi connectivity index (χ4n) is 1.15. The highest BCUT2D eigenvalue weighted by Crippen LogP contribution is 2.22. The molecule has 1 aromatic rings. The molecule has 1 atom stereocenters. The van der Waals surface area contributed by atoms with Crippen molar-refractivity contribution in [2.45, 2.75) is 18.9 Å². The Kier molecular flexibility index (Phi) is 6.83. The van der Waals surface area contributed by atoms with Crippen molar-refractivity contribution in [2.75, 3.05) is 6.61 Å². The van der Waals surface area contributed by atoms with E-state index in [0.717, 1.165) is 12.0 Å². The zero-order valence-electron chi connectivity index (χ0n) is 7.69. The lowest BCUT2D eigenvalue weighted by atomic mass is 10.0. The lowest BCUT2D eigenvalue weighted by Crippen LogP contribution is -2.11. The Morgan fingerprint density at radius 3 is 2.86 bits per heavy atom. The van der Waals surface area contributed by atoms with Crippen LogP contribution in [0.1, 0.15) is 24.4 Å². The second-order valence-corrected chi connectivity index (χ2v) is 3.28. The van der Waals surface area contributed by atoms with E-state index in [0.29, 0.717) is 11.4 Å². The molecule has 1 heterocycles. The first-order chi connectivity index (χ1) is 6.25. The minimum absolute atomic E-state index is 0. The number of rotatable bonds is 4. The van der Waals surface area contributed by atoms with Gasteiger partial charge in [0.2, 0.25) is 0 Å². The summed E-state index contributed by atoms with van der Waals surface area (Å²) in [6.45, 7) is 0.163. The first-order valence-electron chi connectivity index (χ1n) is 4.21. The van der Waals surface area contributed by atoms with Crippen molar-refractivity contribution in [3.8, 4) is 0 Å². The van der Waals surface area contributed by atoms with Gasteiger partial charge in [-0.2, -0.15) is 0 Å². The normalized spacial score (nSPS) is 11.9. The molecule has 0 saturated carbocycles. The molecule has 0 aliphatic rings. The topological polar surface area (TPSA) is 59.1 Å². The average Bonchev–Trinajstić information content (AvgIpc) is 2.15. The smallest absolute Gasteiger partial charge is 0.0637 e. The van der Waals surface area contributed by atoms with Crippen LogP contribution in [0.3, 0.4) is 0 Å². The molecule has 1 rings (SSSR count). The van der Waals surface area contributed by atoms with Gasteiger partial charge in [-0.15, -0.1) is 12.4 Å². The molecule has 0 aliphatic carbocycles. The first-order valence-corrected chi connectivity index (χ1v) is 4.59. The summed E-state index contributed by atoms with van der Waals surface area (Å²) in [7, 11) is 0. The summed E-state index contributed by atoms with van der Waals surface area (Å²) in [6.07, 6.45) is 4.68. The third-order valence-electron chi connectivity index (χ3n) is 1.88. The highest BCUT2D eigenvalue weighted by Gasteiger charge is 2.08. The molecule has 0 aromatic carbocycles. The quantitative estimate of drug-likeness (QED) is 0.841. The molecule has 0 saturated heterocycles. The Morgan fingerprint density at radius 2 is 2.29 bits per heavy atom. The van der Waals surface area contributed by atoms with E-state index in [4.69, 9.17) is 22.4 Å². The van der Waals surface area contributed by atoms with E-state index < -0.39 is 0 Å². The van der Waals surface area contributed by atoms with E-state index in [9.17, 15) is 0 Å². The van der Waals surface area contributed by atoms with Crippen LogP contribution in [0.2, 0.25) is 5.02 Å². The van der Waals surface area contributed by atoms with Gasteiger partial charge in [-0.1, -0.05) is 11.6 Å². The van der Waals surface area contributed by atoms with E-state index in [1.54, 1.807) is 12.4 Å². The van der Waals surface area contributed by atoms with Crippen LogP contribution >= 0.6 is 24.0 Å². The molecule has 0 aliphatic heterocycles. The van der Waals surface area contributed by atoms with Crippen molar-refractivity contribution >= 4 is 24.0 Å². The number of nitrogens with two attached hydrogens (primary N) is 1. The minimum Gasteiger partial charge on any atom is -0.396 e. The van der Waals surface area contributed by atoms with E-state index in [2.05, 4.69) is 4.98 Å². The van der Waals surface area contributed by atoms with Crippen LogP contribution in [0.15, 0.2) is 18.5 Å². The summed E-state index contributed by atoms with van der Waals surface area (Å²) in [5.74, 6) is 0. The number of hydrogen-bond acceptors (Lipinski definition) is 3. The average molecular weight is 237 g/mol. The van der Waals surface area contributed by atoms with Crippen LogP contribution in [-0.2, 0) is 0 Å². The Morgan fingerprint density at radius 1 is 1.57 bits per heavy atom. The number of aliphatic hydroxyl groups is 1. The molecular formula is C9H14Cl2N2O. The summed E-state index contributed by atoms with van der Waals surface area (Å²) >= 11 is 5.89. The molecule has 3 N–H and O–H groups in total. The van der Waals surface area contributed by atoms with Crippen molar-refractivity contribution in [1.82, 2.24) is 4.98 Å². The summed E-state index contributed by atoms with van der Waals surface area (Å²) < 4.78 is 0. The molecule has 0 spiro atoms. The number of aromatic nitrogens is 1. The van der Waals surface area contributed by atoms with Gasteiger partial charge in [0, 0.05) is 25.0 Å². The van der Waals surface area contributed by atoms with E-state index in [1.807, 2.05) is 6.07 Å². The number of halogens is 2. The van der Waals surface area contributed by atoms with Crippen molar-refractivity contribution < 1.29 is 5.11 Å². The van der Waals surface area contributed by atoms with E-state index >= 15 is 0 Å². The third kappa shape index (κ3) is 3.80. The van der Waals surface area contributed by atoms with Crippen LogP contribution in [0.4, 0.5) is 0 Å². The number of pyridine rings is 1. The Bertz CT molecular complexity index is 271. The molecule has 0 unspecified atom stereocenters. The summed E-state index contributed by atoms with van der Waals surface area (Å²) in [5.41, 5.74) is 6.75. The van der Waals surface area contributed by atoms with Gasteiger partial charge < -0.3 is 10.8 Å². The van der Waals surface area contributed by atoms with E-state index in [1.165, 1.54) is 0 Å². The fraction of sp³-hybridized carbons (Fsp3) is 0.444. The maximum atomic E-state index is 8.63. The number of nitrogens with zero attached hydrogens (tertiary/aromatic N) is 1. The lowest BCUT2D eigenvalue weighted by Gasteiger charge is -2.11. The highest BCUT2D eigenvalue weighted by molar-refractivity contribution is 6.31. The Hall–Kier alpha value is -0.350. The summed E-state index contributed by atoms with van der Waals surface area (Å²) in [4.78, 5) is 3.87. The standard InChI is InChI=1S/C9H13ClN2O.ClH/c10-8-6-12-4-3-7(8)9(11)2-1-5-13;/h3-4,6,9,13H,1-2,5,11H2;1H/t9-;/m0./s1. The predicted molar refractivity (Wildman–Crippen MR) is 59.7 cm³/mol. The van der Waals surface area contributed by atoms with Gasteiger partial charge in [-0.05, 0) is 24.5 Å². The maximum Gasteiger partial charge on any atom is 0.0637 e. The Labute approximate surface area is 94.7 Å². The number of hydrogen-bond donors (Lipinski definition) is 2. The molecule has 0 fully saturated rings. The molecule has 0 bridgehead atoms. The van der Waals surface area contributed by atoms with Crippen LogP contribution in [0, 0.1) is 0 Å². The SMILES string of the molecule is Cl.N[C@@H](CCCO)c1ccncc1Cl. The van der Waals surface area contributed by atoms with E-state index in [-0.39, 0.29) is 25.1 Å². The van der Waals surface area contributed by atoms with Gasteiger partial charge in [-0.25, -0.2) is 0 Å². The van der Waals surface area contributed by atoms with Crippen molar-refractivity contribution in [3.63, 3.8) is 0 Å². The largest absolute Gasteiger partial charge is 0.396 e. The highest BCUT2D eigenvalue weighted by atomic mass is 35.5. The number of aliphatic hydroxyl groups excluding tert-OH is 1.